The van der Waals surface area contributed by atoms with Crippen LogP contribution in [0, 0.1) is 11.3 Å². The van der Waals surface area contributed by atoms with E-state index in [1.54, 1.807) is 12.1 Å². The van der Waals surface area contributed by atoms with Crippen molar-refractivity contribution in [3.63, 3.8) is 0 Å². The second-order valence-electron chi connectivity index (χ2n) is 7.51. The summed E-state index contributed by atoms with van der Waals surface area (Å²) >= 11 is 8.21. The van der Waals surface area contributed by atoms with Crippen molar-refractivity contribution in [2.75, 3.05) is 4.90 Å². The third-order valence-corrected chi connectivity index (χ3v) is 7.81. The molecular formula is C26H19Br2N3O2S. The van der Waals surface area contributed by atoms with Gasteiger partial charge in [0.1, 0.15) is 16.7 Å². The second-order valence-corrected chi connectivity index (χ2v) is 10.5. The van der Waals surface area contributed by atoms with Crippen LogP contribution >= 0.6 is 43.6 Å². The van der Waals surface area contributed by atoms with Gasteiger partial charge in [-0.25, -0.2) is 0 Å². The van der Waals surface area contributed by atoms with Crippen LogP contribution in [0.15, 0.2) is 98.4 Å². The van der Waals surface area contributed by atoms with Gasteiger partial charge in [0.2, 0.25) is 5.91 Å². The van der Waals surface area contributed by atoms with Crippen molar-refractivity contribution < 1.29 is 9.59 Å². The van der Waals surface area contributed by atoms with E-state index in [0.717, 1.165) is 20.1 Å². The molecule has 1 N–H and O–H groups in total. The van der Waals surface area contributed by atoms with Crippen molar-refractivity contribution in [3.05, 3.63) is 110 Å². The van der Waals surface area contributed by atoms with Gasteiger partial charge in [0, 0.05) is 21.2 Å². The molecule has 0 aromatic heterocycles. The van der Waals surface area contributed by atoms with E-state index < -0.39 is 11.2 Å². The maximum atomic E-state index is 13.5. The van der Waals surface area contributed by atoms with Crippen LogP contribution in [0.5, 0.6) is 0 Å². The minimum absolute atomic E-state index is 0.0770. The molecule has 0 saturated carbocycles. The van der Waals surface area contributed by atoms with E-state index in [1.165, 1.54) is 16.7 Å². The number of halogens is 2. The lowest BCUT2D eigenvalue weighted by molar-refractivity contribution is -0.117. The first kappa shape index (κ1) is 24.3. The predicted molar refractivity (Wildman–Crippen MR) is 142 cm³/mol. The molecule has 0 radical (unpaired) electrons. The van der Waals surface area contributed by atoms with Gasteiger partial charge in [0.05, 0.1) is 5.25 Å². The van der Waals surface area contributed by atoms with Gasteiger partial charge in [0.15, 0.2) is 0 Å². The Kier molecular flexibility index (Phi) is 7.88. The molecule has 4 rings (SSSR count). The smallest absolute Gasteiger partial charge is 0.264 e. The predicted octanol–water partition coefficient (Wildman–Crippen LogP) is 5.95. The van der Waals surface area contributed by atoms with Gasteiger partial charge >= 0.3 is 0 Å². The molecule has 1 saturated heterocycles. The monoisotopic (exact) mass is 595 g/mol. The summed E-state index contributed by atoms with van der Waals surface area (Å²) in [5.74, 6) is -0.674. The number of nitrogens with one attached hydrogen (secondary N) is 1. The molecule has 3 aromatic carbocycles. The molecule has 0 aliphatic carbocycles. The highest BCUT2D eigenvalue weighted by molar-refractivity contribution is 9.10. The van der Waals surface area contributed by atoms with Gasteiger partial charge in [-0.1, -0.05) is 92.2 Å². The molecule has 2 amide bonds. The zero-order chi connectivity index (χ0) is 24.1. The Labute approximate surface area is 219 Å². The summed E-state index contributed by atoms with van der Waals surface area (Å²) in [6, 6.07) is 26.5. The van der Waals surface area contributed by atoms with Crippen LogP contribution in [0.2, 0.25) is 0 Å². The summed E-state index contributed by atoms with van der Waals surface area (Å²) in [7, 11) is 0. The fraction of sp³-hybridized carbons (Fsp3) is 0.115. The first-order valence-corrected chi connectivity index (χ1v) is 12.9. The fourth-order valence-corrected chi connectivity index (χ4v) is 5.55. The number of amides is 2. The van der Waals surface area contributed by atoms with Crippen LogP contribution in [-0.4, -0.2) is 17.1 Å². The lowest BCUT2D eigenvalue weighted by Gasteiger charge is -2.19. The molecule has 0 spiro atoms. The van der Waals surface area contributed by atoms with Crippen molar-refractivity contribution >= 4 is 61.1 Å². The van der Waals surface area contributed by atoms with E-state index in [-0.39, 0.29) is 18.0 Å². The van der Waals surface area contributed by atoms with E-state index in [0.29, 0.717) is 17.1 Å². The Morgan fingerprint density at radius 2 is 1.68 bits per heavy atom. The van der Waals surface area contributed by atoms with E-state index >= 15 is 0 Å². The van der Waals surface area contributed by atoms with Gasteiger partial charge in [-0.2, -0.15) is 5.26 Å². The largest absolute Gasteiger partial charge is 0.347 e. The summed E-state index contributed by atoms with van der Waals surface area (Å²) in [4.78, 5) is 28.1. The number of carbonyl (C=O) groups is 2. The van der Waals surface area contributed by atoms with Gasteiger partial charge in [-0.3, -0.25) is 14.5 Å². The SMILES string of the molecule is N#C/C(C(=O)NCc1ccccc1)=C1/S[C@@H](Cc2ccccc2Br)C(=O)N1c1ccc(Br)cc1. The van der Waals surface area contributed by atoms with Crippen molar-refractivity contribution in [2.45, 2.75) is 18.2 Å². The molecule has 1 aliphatic heterocycles. The lowest BCUT2D eigenvalue weighted by Crippen LogP contribution is -2.32. The molecular weight excluding hydrogens is 578 g/mol. The molecule has 0 unspecified atom stereocenters. The Bertz CT molecular complexity index is 1290. The standard InChI is InChI=1S/C26H19Br2N3O2S/c27-19-10-12-20(13-11-19)31-25(33)23(14-18-8-4-5-9-22(18)28)34-26(31)21(15-29)24(32)30-16-17-6-2-1-3-7-17/h1-13,23H,14,16H2,(H,30,32)/b26-21-/t23-/m0/s1. The highest BCUT2D eigenvalue weighted by Crippen LogP contribution is 2.42. The highest BCUT2D eigenvalue weighted by atomic mass is 79.9. The lowest BCUT2D eigenvalue weighted by atomic mass is 10.1. The molecule has 170 valence electrons. The second kappa shape index (κ2) is 11.0. The first-order valence-electron chi connectivity index (χ1n) is 10.4. The number of hydrogen-bond donors (Lipinski definition) is 1. The molecule has 3 aromatic rings. The number of thioether (sulfide) groups is 1. The summed E-state index contributed by atoms with van der Waals surface area (Å²) in [5, 5.41) is 12.6. The zero-order valence-electron chi connectivity index (χ0n) is 17.9. The molecule has 1 atom stereocenters. The average molecular weight is 597 g/mol. The molecule has 8 heteroatoms. The first-order chi connectivity index (χ1) is 16.5. The third kappa shape index (κ3) is 5.44. The van der Waals surface area contributed by atoms with E-state index in [4.69, 9.17) is 0 Å². The quantitative estimate of drug-likeness (QED) is 0.282. The van der Waals surface area contributed by atoms with E-state index in [1.807, 2.05) is 72.8 Å². The van der Waals surface area contributed by atoms with Gasteiger partial charge < -0.3 is 5.32 Å². The molecule has 0 bridgehead atoms. The number of nitrogens with zero attached hydrogens (tertiary/aromatic N) is 2. The Morgan fingerprint density at radius 1 is 1.00 bits per heavy atom. The molecule has 1 heterocycles. The van der Waals surface area contributed by atoms with Crippen molar-refractivity contribution in [2.24, 2.45) is 0 Å². The van der Waals surface area contributed by atoms with Crippen molar-refractivity contribution in [3.8, 4) is 6.07 Å². The zero-order valence-corrected chi connectivity index (χ0v) is 21.9. The van der Waals surface area contributed by atoms with Gasteiger partial charge in [-0.05, 0) is 47.9 Å². The maximum Gasteiger partial charge on any atom is 0.264 e. The maximum absolute atomic E-state index is 13.5. The molecule has 1 aliphatic rings. The number of hydrogen-bond acceptors (Lipinski definition) is 4. The fourth-order valence-electron chi connectivity index (χ4n) is 3.54. The van der Waals surface area contributed by atoms with Crippen molar-refractivity contribution in [1.29, 1.82) is 5.26 Å². The summed E-state index contributed by atoms with van der Waals surface area (Å²) < 4.78 is 1.78. The Hall–Kier alpha value is -2.86. The average Bonchev–Trinajstić information content (AvgIpc) is 3.16. The van der Waals surface area contributed by atoms with E-state index in [9.17, 15) is 14.9 Å². The number of anilines is 1. The van der Waals surface area contributed by atoms with Crippen LogP contribution in [-0.2, 0) is 22.6 Å². The normalized spacial score (nSPS) is 16.8. The van der Waals surface area contributed by atoms with Crippen LogP contribution in [0.4, 0.5) is 5.69 Å². The minimum Gasteiger partial charge on any atom is -0.347 e. The summed E-state index contributed by atoms with van der Waals surface area (Å²) in [6.45, 7) is 0.287. The number of nitriles is 1. The molecule has 5 nitrogen and oxygen atoms in total. The van der Waals surface area contributed by atoms with Crippen LogP contribution in [0.1, 0.15) is 11.1 Å². The van der Waals surface area contributed by atoms with Crippen LogP contribution in [0.25, 0.3) is 0 Å². The summed E-state index contributed by atoms with van der Waals surface area (Å²) in [5.41, 5.74) is 2.43. The molecule has 34 heavy (non-hydrogen) atoms. The third-order valence-electron chi connectivity index (χ3n) is 5.25. The Morgan fingerprint density at radius 3 is 2.35 bits per heavy atom. The topological polar surface area (TPSA) is 73.2 Å². The number of benzene rings is 3. The van der Waals surface area contributed by atoms with Gasteiger partial charge in [-0.15, -0.1) is 0 Å². The van der Waals surface area contributed by atoms with Crippen molar-refractivity contribution in [1.82, 2.24) is 5.32 Å². The molecule has 1 fully saturated rings. The minimum atomic E-state index is -0.509. The Balaban J connectivity index is 1.68. The van der Waals surface area contributed by atoms with Gasteiger partial charge in [0.25, 0.3) is 5.91 Å². The van der Waals surface area contributed by atoms with E-state index in [2.05, 4.69) is 37.2 Å². The van der Waals surface area contributed by atoms with Crippen LogP contribution in [0.3, 0.4) is 0 Å². The number of rotatable bonds is 6. The number of carbonyl (C=O) groups excluding carboxylic acids is 2. The summed E-state index contributed by atoms with van der Waals surface area (Å²) in [6.07, 6.45) is 0.464. The van der Waals surface area contributed by atoms with Crippen LogP contribution < -0.4 is 10.2 Å². The highest BCUT2D eigenvalue weighted by Gasteiger charge is 2.41.